The molecule has 1 amide bonds. The normalized spacial score (nSPS) is 10.6. The van der Waals surface area contributed by atoms with Crippen LogP contribution in [0.15, 0.2) is 29.3 Å². The van der Waals surface area contributed by atoms with E-state index in [1.807, 2.05) is 24.3 Å². The lowest BCUT2D eigenvalue weighted by Crippen LogP contribution is -2.38. The van der Waals surface area contributed by atoms with Crippen molar-refractivity contribution >= 4 is 41.5 Å². The highest BCUT2D eigenvalue weighted by Gasteiger charge is 1.99. The van der Waals surface area contributed by atoms with Gasteiger partial charge in [-0.2, -0.15) is 0 Å². The van der Waals surface area contributed by atoms with Crippen molar-refractivity contribution in [3.8, 4) is 0 Å². The highest BCUT2D eigenvalue weighted by atomic mass is 127. The molecule has 0 aliphatic heterocycles. The van der Waals surface area contributed by atoms with Crippen LogP contribution in [0.5, 0.6) is 0 Å². The van der Waals surface area contributed by atoms with Crippen LogP contribution >= 0.6 is 24.0 Å². The summed E-state index contributed by atoms with van der Waals surface area (Å²) < 4.78 is 0. The Morgan fingerprint density at radius 2 is 1.77 bits per heavy atom. The van der Waals surface area contributed by atoms with Gasteiger partial charge in [0.05, 0.1) is 0 Å². The van der Waals surface area contributed by atoms with E-state index in [9.17, 15) is 4.79 Å². The first-order valence-electron chi connectivity index (χ1n) is 7.46. The fourth-order valence-corrected chi connectivity index (χ4v) is 1.89. The summed E-state index contributed by atoms with van der Waals surface area (Å²) in [6.07, 6.45) is 3.23. The van der Waals surface area contributed by atoms with E-state index in [0.29, 0.717) is 0 Å². The van der Waals surface area contributed by atoms with Crippen LogP contribution < -0.4 is 16.0 Å². The summed E-state index contributed by atoms with van der Waals surface area (Å²) in [5.41, 5.74) is 2.05. The zero-order chi connectivity index (χ0) is 15.5. The number of anilines is 1. The van der Waals surface area contributed by atoms with Gasteiger partial charge in [0.15, 0.2) is 5.96 Å². The highest BCUT2D eigenvalue weighted by Crippen LogP contribution is 2.09. The van der Waals surface area contributed by atoms with E-state index < -0.39 is 0 Å². The molecule has 1 aromatic rings. The summed E-state index contributed by atoms with van der Waals surface area (Å²) in [5, 5.41) is 9.33. The second-order valence-corrected chi connectivity index (χ2v) is 4.91. The predicted octanol–water partition coefficient (Wildman–Crippen LogP) is 2.77. The number of unbranched alkanes of at least 4 members (excludes halogenated alkanes) is 1. The molecule has 0 heterocycles. The molecule has 124 valence electrons. The number of amides is 1. The van der Waals surface area contributed by atoms with Crippen molar-refractivity contribution in [1.82, 2.24) is 10.6 Å². The van der Waals surface area contributed by atoms with Gasteiger partial charge in [0.1, 0.15) is 0 Å². The highest BCUT2D eigenvalue weighted by molar-refractivity contribution is 14.0. The number of nitrogens with one attached hydrogen (secondary N) is 3. The van der Waals surface area contributed by atoms with Crippen molar-refractivity contribution in [2.75, 3.05) is 25.5 Å². The van der Waals surface area contributed by atoms with Gasteiger partial charge in [0.25, 0.3) is 0 Å². The molecule has 0 aliphatic rings. The first-order chi connectivity index (χ1) is 10.2. The predicted molar refractivity (Wildman–Crippen MR) is 104 cm³/mol. The summed E-state index contributed by atoms with van der Waals surface area (Å²) in [6.45, 7) is 5.45. The monoisotopic (exact) mass is 418 g/mol. The Morgan fingerprint density at radius 3 is 2.32 bits per heavy atom. The SMILES string of the molecule is CCCCNC(=NC)NCCc1ccc(NC(C)=O)cc1.I. The molecule has 5 nitrogen and oxygen atoms in total. The third-order valence-corrected chi connectivity index (χ3v) is 3.03. The Balaban J connectivity index is 0.00000441. The van der Waals surface area contributed by atoms with Crippen molar-refractivity contribution < 1.29 is 4.79 Å². The van der Waals surface area contributed by atoms with Crippen LogP contribution in [0.4, 0.5) is 5.69 Å². The molecule has 6 heteroatoms. The fraction of sp³-hybridized carbons (Fsp3) is 0.500. The molecule has 0 atom stereocenters. The van der Waals surface area contributed by atoms with Crippen LogP contribution in [0.3, 0.4) is 0 Å². The minimum absolute atomic E-state index is 0. The molecule has 0 unspecified atom stereocenters. The lowest BCUT2D eigenvalue weighted by Gasteiger charge is -2.11. The molecule has 22 heavy (non-hydrogen) atoms. The smallest absolute Gasteiger partial charge is 0.221 e. The third-order valence-electron chi connectivity index (χ3n) is 3.03. The van der Waals surface area contributed by atoms with Crippen LogP contribution in [0, 0.1) is 0 Å². The van der Waals surface area contributed by atoms with Gasteiger partial charge in [-0.1, -0.05) is 25.5 Å². The zero-order valence-corrected chi connectivity index (χ0v) is 15.9. The Hall–Kier alpha value is -1.31. The van der Waals surface area contributed by atoms with Gasteiger partial charge in [-0.05, 0) is 30.5 Å². The van der Waals surface area contributed by atoms with E-state index in [2.05, 4.69) is 27.9 Å². The van der Waals surface area contributed by atoms with Gasteiger partial charge >= 0.3 is 0 Å². The average Bonchev–Trinajstić information content (AvgIpc) is 2.47. The second kappa shape index (κ2) is 12.3. The van der Waals surface area contributed by atoms with Crippen LogP contribution in [0.2, 0.25) is 0 Å². The van der Waals surface area contributed by atoms with Crippen molar-refractivity contribution in [1.29, 1.82) is 0 Å². The van der Waals surface area contributed by atoms with Gasteiger partial charge in [-0.25, -0.2) is 0 Å². The minimum Gasteiger partial charge on any atom is -0.356 e. The maximum atomic E-state index is 10.9. The largest absolute Gasteiger partial charge is 0.356 e. The molecular formula is C16H27IN4O. The zero-order valence-electron chi connectivity index (χ0n) is 13.6. The number of hydrogen-bond donors (Lipinski definition) is 3. The number of carbonyl (C=O) groups is 1. The Bertz CT molecular complexity index is 460. The van der Waals surface area contributed by atoms with Crippen LogP contribution in [0.1, 0.15) is 32.3 Å². The summed E-state index contributed by atoms with van der Waals surface area (Å²) in [4.78, 5) is 15.1. The average molecular weight is 418 g/mol. The van der Waals surface area contributed by atoms with Crippen LogP contribution in [-0.2, 0) is 11.2 Å². The van der Waals surface area contributed by atoms with Crippen LogP contribution in [-0.4, -0.2) is 32.0 Å². The maximum absolute atomic E-state index is 10.9. The minimum atomic E-state index is -0.0497. The van der Waals surface area contributed by atoms with E-state index in [0.717, 1.165) is 37.6 Å². The summed E-state index contributed by atoms with van der Waals surface area (Å²) in [6, 6.07) is 7.90. The molecule has 0 saturated carbocycles. The van der Waals surface area contributed by atoms with E-state index in [1.54, 1.807) is 7.05 Å². The number of rotatable bonds is 7. The van der Waals surface area contributed by atoms with Crippen LogP contribution in [0.25, 0.3) is 0 Å². The molecular weight excluding hydrogens is 391 g/mol. The number of nitrogens with zero attached hydrogens (tertiary/aromatic N) is 1. The molecule has 0 saturated heterocycles. The first-order valence-corrected chi connectivity index (χ1v) is 7.46. The number of halogens is 1. The van der Waals surface area contributed by atoms with E-state index in [4.69, 9.17) is 0 Å². The van der Waals surface area contributed by atoms with E-state index >= 15 is 0 Å². The number of hydrogen-bond acceptors (Lipinski definition) is 2. The van der Waals surface area contributed by atoms with Gasteiger partial charge in [-0.3, -0.25) is 9.79 Å². The maximum Gasteiger partial charge on any atom is 0.221 e. The fourth-order valence-electron chi connectivity index (χ4n) is 1.89. The lowest BCUT2D eigenvalue weighted by molar-refractivity contribution is -0.114. The van der Waals surface area contributed by atoms with Gasteiger partial charge in [0.2, 0.25) is 5.91 Å². The van der Waals surface area contributed by atoms with Crippen molar-refractivity contribution in [2.24, 2.45) is 4.99 Å². The molecule has 0 bridgehead atoms. The molecule has 1 aromatic carbocycles. The topological polar surface area (TPSA) is 65.5 Å². The Morgan fingerprint density at radius 1 is 1.14 bits per heavy atom. The van der Waals surface area contributed by atoms with E-state index in [1.165, 1.54) is 18.9 Å². The van der Waals surface area contributed by atoms with Gasteiger partial charge in [0, 0.05) is 32.7 Å². The van der Waals surface area contributed by atoms with Crippen molar-refractivity contribution in [3.05, 3.63) is 29.8 Å². The first kappa shape index (κ1) is 20.7. The molecule has 0 aliphatic carbocycles. The number of benzene rings is 1. The standard InChI is InChI=1S/C16H26N4O.HI/c1-4-5-11-18-16(17-3)19-12-10-14-6-8-15(9-7-14)20-13(2)21;/h6-9H,4-5,10-12H2,1-3H3,(H,20,21)(H2,17,18,19);1H. The van der Waals surface area contributed by atoms with Gasteiger partial charge in [-0.15, -0.1) is 24.0 Å². The summed E-state index contributed by atoms with van der Waals surface area (Å²) in [7, 11) is 1.78. The van der Waals surface area contributed by atoms with Crippen molar-refractivity contribution in [2.45, 2.75) is 33.1 Å². The van der Waals surface area contributed by atoms with Crippen molar-refractivity contribution in [3.63, 3.8) is 0 Å². The molecule has 0 spiro atoms. The molecule has 3 N–H and O–H groups in total. The molecule has 0 aromatic heterocycles. The number of aliphatic imine (C=N–C) groups is 1. The second-order valence-electron chi connectivity index (χ2n) is 4.91. The molecule has 1 rings (SSSR count). The third kappa shape index (κ3) is 8.86. The number of guanidine groups is 1. The number of carbonyl (C=O) groups excluding carboxylic acids is 1. The van der Waals surface area contributed by atoms with E-state index in [-0.39, 0.29) is 29.9 Å². The lowest BCUT2D eigenvalue weighted by atomic mass is 10.1. The summed E-state index contributed by atoms with van der Waals surface area (Å²) in [5.74, 6) is 0.796. The molecule has 0 fully saturated rings. The summed E-state index contributed by atoms with van der Waals surface area (Å²) >= 11 is 0. The quantitative estimate of drug-likeness (QED) is 0.276. The molecule has 0 radical (unpaired) electrons. The van der Waals surface area contributed by atoms with Gasteiger partial charge < -0.3 is 16.0 Å². The Kier molecular flexibility index (Phi) is 11.5. The Labute approximate surface area is 150 Å².